The Hall–Kier alpha value is -3.00. The van der Waals surface area contributed by atoms with Crippen molar-refractivity contribution in [3.05, 3.63) is 52.7 Å². The third-order valence-electron chi connectivity index (χ3n) is 3.59. The fraction of sp³-hybridized carbons (Fsp3) is 0.250. The SMILES string of the molecule is CN(C)CCn1ccc(NC(=O)c2c[nH]c3ccncc3c2=O)n1. The zero-order valence-electron chi connectivity index (χ0n) is 13.5. The molecule has 1 amide bonds. The van der Waals surface area contributed by atoms with Crippen molar-refractivity contribution in [2.24, 2.45) is 0 Å². The molecule has 0 saturated carbocycles. The lowest BCUT2D eigenvalue weighted by molar-refractivity contribution is 0.102. The standard InChI is InChI=1S/C16H18N6O2/c1-21(2)7-8-22-6-4-14(20-22)19-16(24)12-10-18-13-3-5-17-9-11(13)15(12)23/h3-6,9-10H,7-8H2,1-2H3,(H,18,23)(H,19,20,24). The Morgan fingerprint density at radius 1 is 1.38 bits per heavy atom. The van der Waals surface area contributed by atoms with Crippen molar-refractivity contribution in [3.63, 3.8) is 0 Å². The number of rotatable bonds is 5. The van der Waals surface area contributed by atoms with E-state index in [9.17, 15) is 9.59 Å². The van der Waals surface area contributed by atoms with Crippen LogP contribution in [0.25, 0.3) is 10.9 Å². The van der Waals surface area contributed by atoms with E-state index in [4.69, 9.17) is 0 Å². The fourth-order valence-corrected chi connectivity index (χ4v) is 2.27. The minimum atomic E-state index is -0.500. The van der Waals surface area contributed by atoms with Crippen LogP contribution in [-0.4, -0.2) is 51.2 Å². The highest BCUT2D eigenvalue weighted by atomic mass is 16.2. The normalized spacial score (nSPS) is 11.1. The van der Waals surface area contributed by atoms with E-state index in [0.717, 1.165) is 6.54 Å². The van der Waals surface area contributed by atoms with Gasteiger partial charge in [-0.1, -0.05) is 0 Å². The molecule has 0 unspecified atom stereocenters. The molecule has 0 fully saturated rings. The Morgan fingerprint density at radius 3 is 3.00 bits per heavy atom. The first-order valence-corrected chi connectivity index (χ1v) is 7.49. The summed E-state index contributed by atoms with van der Waals surface area (Å²) in [7, 11) is 3.96. The number of nitrogens with one attached hydrogen (secondary N) is 2. The fourth-order valence-electron chi connectivity index (χ4n) is 2.27. The number of hydrogen-bond donors (Lipinski definition) is 2. The highest BCUT2D eigenvalue weighted by Crippen LogP contribution is 2.08. The summed E-state index contributed by atoms with van der Waals surface area (Å²) in [5, 5.41) is 7.30. The minimum absolute atomic E-state index is 0.0262. The number of anilines is 1. The Bertz CT molecular complexity index is 927. The molecule has 3 aromatic heterocycles. The number of pyridine rings is 2. The van der Waals surface area contributed by atoms with E-state index in [1.54, 1.807) is 29.2 Å². The van der Waals surface area contributed by atoms with Crippen LogP contribution in [0.5, 0.6) is 0 Å². The van der Waals surface area contributed by atoms with Gasteiger partial charge in [-0.15, -0.1) is 0 Å². The van der Waals surface area contributed by atoms with Crippen LogP contribution in [0.4, 0.5) is 5.82 Å². The zero-order valence-corrected chi connectivity index (χ0v) is 13.5. The van der Waals surface area contributed by atoms with Gasteiger partial charge in [0.25, 0.3) is 5.91 Å². The summed E-state index contributed by atoms with van der Waals surface area (Å²) < 4.78 is 1.74. The monoisotopic (exact) mass is 326 g/mol. The number of likely N-dealkylation sites (N-methyl/N-ethyl adjacent to an activating group) is 1. The maximum atomic E-state index is 12.4. The summed E-state index contributed by atoms with van der Waals surface area (Å²) in [6.45, 7) is 1.55. The number of carbonyl (C=O) groups excluding carboxylic acids is 1. The van der Waals surface area contributed by atoms with E-state index in [1.165, 1.54) is 12.4 Å². The molecule has 24 heavy (non-hydrogen) atoms. The van der Waals surface area contributed by atoms with Crippen LogP contribution in [0.15, 0.2) is 41.7 Å². The maximum Gasteiger partial charge on any atom is 0.262 e. The highest BCUT2D eigenvalue weighted by molar-refractivity contribution is 6.05. The van der Waals surface area contributed by atoms with E-state index in [-0.39, 0.29) is 11.0 Å². The van der Waals surface area contributed by atoms with Crippen molar-refractivity contribution in [2.75, 3.05) is 26.0 Å². The molecule has 0 aromatic carbocycles. The lowest BCUT2D eigenvalue weighted by Gasteiger charge is -2.08. The van der Waals surface area contributed by atoms with Gasteiger partial charge in [0.05, 0.1) is 17.4 Å². The average molecular weight is 326 g/mol. The summed E-state index contributed by atoms with van der Waals surface area (Å²) in [6, 6.07) is 3.38. The summed E-state index contributed by atoms with van der Waals surface area (Å²) in [6.07, 6.45) is 6.22. The maximum absolute atomic E-state index is 12.4. The number of H-pyrrole nitrogens is 1. The van der Waals surface area contributed by atoms with Gasteiger partial charge in [0.1, 0.15) is 5.56 Å². The molecular weight excluding hydrogens is 308 g/mol. The molecule has 0 aliphatic heterocycles. The van der Waals surface area contributed by atoms with Crippen molar-refractivity contribution in [2.45, 2.75) is 6.54 Å². The molecule has 0 spiro atoms. The van der Waals surface area contributed by atoms with Gasteiger partial charge in [0.2, 0.25) is 5.43 Å². The van der Waals surface area contributed by atoms with E-state index < -0.39 is 5.91 Å². The van der Waals surface area contributed by atoms with E-state index in [2.05, 4.69) is 20.4 Å². The lowest BCUT2D eigenvalue weighted by atomic mass is 10.2. The molecule has 0 aliphatic carbocycles. The quantitative estimate of drug-likeness (QED) is 0.727. The molecule has 124 valence electrons. The van der Waals surface area contributed by atoms with Crippen LogP contribution in [-0.2, 0) is 6.54 Å². The van der Waals surface area contributed by atoms with Crippen LogP contribution in [0, 0.1) is 0 Å². The van der Waals surface area contributed by atoms with Gasteiger partial charge in [-0.2, -0.15) is 5.10 Å². The molecule has 8 heteroatoms. The first-order chi connectivity index (χ1) is 11.5. The Morgan fingerprint density at radius 2 is 2.21 bits per heavy atom. The first kappa shape index (κ1) is 15.9. The van der Waals surface area contributed by atoms with Crippen LogP contribution in [0.1, 0.15) is 10.4 Å². The molecule has 3 rings (SSSR count). The van der Waals surface area contributed by atoms with Crippen molar-refractivity contribution < 1.29 is 4.79 Å². The van der Waals surface area contributed by atoms with Gasteiger partial charge < -0.3 is 15.2 Å². The third kappa shape index (κ3) is 3.33. The van der Waals surface area contributed by atoms with Gasteiger partial charge in [-0.25, -0.2) is 0 Å². The highest BCUT2D eigenvalue weighted by Gasteiger charge is 2.14. The molecule has 2 N–H and O–H groups in total. The summed E-state index contributed by atoms with van der Waals surface area (Å²) >= 11 is 0. The van der Waals surface area contributed by atoms with Crippen LogP contribution in [0.2, 0.25) is 0 Å². The molecule has 3 heterocycles. The number of amides is 1. The summed E-state index contributed by atoms with van der Waals surface area (Å²) in [5.41, 5.74) is 0.305. The second kappa shape index (κ2) is 6.63. The van der Waals surface area contributed by atoms with Crippen molar-refractivity contribution in [3.8, 4) is 0 Å². The molecule has 0 aliphatic rings. The van der Waals surface area contributed by atoms with Gasteiger partial charge >= 0.3 is 0 Å². The molecule has 0 bridgehead atoms. The van der Waals surface area contributed by atoms with E-state index in [0.29, 0.717) is 23.3 Å². The van der Waals surface area contributed by atoms with Crippen molar-refractivity contribution in [1.29, 1.82) is 0 Å². The van der Waals surface area contributed by atoms with Crippen molar-refractivity contribution in [1.82, 2.24) is 24.6 Å². The molecule has 3 aromatic rings. The molecule has 8 nitrogen and oxygen atoms in total. The molecular formula is C16H18N6O2. The number of aromatic nitrogens is 4. The van der Waals surface area contributed by atoms with Gasteiger partial charge in [-0.05, 0) is 20.2 Å². The zero-order chi connectivity index (χ0) is 17.1. The number of aromatic amines is 1. The predicted octanol–water partition coefficient (Wildman–Crippen LogP) is 0.933. The third-order valence-corrected chi connectivity index (χ3v) is 3.59. The van der Waals surface area contributed by atoms with Crippen LogP contribution >= 0.6 is 0 Å². The van der Waals surface area contributed by atoms with Crippen LogP contribution < -0.4 is 10.7 Å². The second-order valence-electron chi connectivity index (χ2n) is 5.67. The average Bonchev–Trinajstić information content (AvgIpc) is 3.01. The Labute approximate surface area is 138 Å². The number of nitrogens with zero attached hydrogens (tertiary/aromatic N) is 4. The first-order valence-electron chi connectivity index (χ1n) is 7.49. The molecule has 0 saturated heterocycles. The lowest BCUT2D eigenvalue weighted by Crippen LogP contribution is -2.22. The minimum Gasteiger partial charge on any atom is -0.360 e. The summed E-state index contributed by atoms with van der Waals surface area (Å²) in [4.78, 5) is 33.6. The Kier molecular flexibility index (Phi) is 4.39. The number of carbonyl (C=O) groups is 1. The largest absolute Gasteiger partial charge is 0.360 e. The summed E-state index contributed by atoms with van der Waals surface area (Å²) in [5.74, 6) is -0.0932. The van der Waals surface area contributed by atoms with E-state index >= 15 is 0 Å². The van der Waals surface area contributed by atoms with Gasteiger partial charge in [0.15, 0.2) is 5.82 Å². The van der Waals surface area contributed by atoms with Crippen LogP contribution in [0.3, 0.4) is 0 Å². The second-order valence-corrected chi connectivity index (χ2v) is 5.67. The number of fused-ring (bicyclic) bond motifs is 1. The van der Waals surface area contributed by atoms with Gasteiger partial charge in [-0.3, -0.25) is 19.3 Å². The number of hydrogen-bond acceptors (Lipinski definition) is 5. The Balaban J connectivity index is 1.78. The van der Waals surface area contributed by atoms with Crippen molar-refractivity contribution >= 4 is 22.6 Å². The van der Waals surface area contributed by atoms with Gasteiger partial charge in [0, 0.05) is 37.4 Å². The molecule has 0 atom stereocenters. The van der Waals surface area contributed by atoms with E-state index in [1.807, 2.05) is 19.0 Å². The smallest absolute Gasteiger partial charge is 0.262 e. The topological polar surface area (TPSA) is 95.9 Å². The molecule has 0 radical (unpaired) electrons. The predicted molar refractivity (Wildman–Crippen MR) is 91.1 cm³/mol.